The number of aromatic nitrogens is 2. The number of allylic oxidation sites excluding steroid dienone is 1. The molecule has 0 unspecified atom stereocenters. The van der Waals surface area contributed by atoms with E-state index in [1.807, 2.05) is 48.5 Å². The molecule has 9 heteroatoms. The van der Waals surface area contributed by atoms with Crippen LogP contribution in [0.25, 0.3) is 10.9 Å². The van der Waals surface area contributed by atoms with Crippen molar-refractivity contribution >= 4 is 64.9 Å². The van der Waals surface area contributed by atoms with Gasteiger partial charge in [-0.25, -0.2) is 4.98 Å². The molecule has 3 aromatic carbocycles. The second-order valence-electron chi connectivity index (χ2n) is 8.88. The summed E-state index contributed by atoms with van der Waals surface area (Å²) in [6, 6.07) is 15.3. The van der Waals surface area contributed by atoms with E-state index >= 15 is 0 Å². The summed E-state index contributed by atoms with van der Waals surface area (Å²) < 4.78 is 16.1. The molecule has 0 saturated heterocycles. The average molecular weight is 718 g/mol. The lowest BCUT2D eigenvalue weighted by Gasteiger charge is -2.16. The molecule has 0 bridgehead atoms. The van der Waals surface area contributed by atoms with Gasteiger partial charge in [-0.1, -0.05) is 73.3 Å². The number of rotatable bonds is 11. The fraction of sp³-hybridized carbons (Fsp3) is 0.233. The van der Waals surface area contributed by atoms with Crippen LogP contribution in [0.15, 0.2) is 84.5 Å². The number of benzene rings is 3. The average Bonchev–Trinajstić information content (AvgIpc) is 2.92. The van der Waals surface area contributed by atoms with Crippen molar-refractivity contribution in [1.82, 2.24) is 9.66 Å². The zero-order valence-corrected chi connectivity index (χ0v) is 26.5. The van der Waals surface area contributed by atoms with E-state index in [2.05, 4.69) is 66.4 Å². The summed E-state index contributed by atoms with van der Waals surface area (Å²) >= 11 is 10.5. The summed E-state index contributed by atoms with van der Waals surface area (Å²) in [4.78, 5) is 18.2. The third kappa shape index (κ3) is 7.07. The van der Waals surface area contributed by atoms with Gasteiger partial charge in [-0.3, -0.25) is 4.79 Å². The minimum Gasteiger partial charge on any atom is -0.493 e. The van der Waals surface area contributed by atoms with E-state index in [0.29, 0.717) is 47.7 Å². The third-order valence-electron chi connectivity index (χ3n) is 6.08. The van der Waals surface area contributed by atoms with Gasteiger partial charge in [0.1, 0.15) is 12.4 Å². The maximum atomic E-state index is 13.4. The molecule has 202 valence electrons. The molecule has 0 spiro atoms. The Balaban J connectivity index is 1.72. The number of ether oxygens (including phenoxy) is 2. The minimum absolute atomic E-state index is 0.207. The maximum absolute atomic E-state index is 13.4. The zero-order chi connectivity index (χ0) is 27.9. The summed E-state index contributed by atoms with van der Waals surface area (Å²) in [7, 11) is 1.61. The number of aryl methyl sites for hydroxylation is 1. The predicted molar refractivity (Wildman–Crippen MR) is 168 cm³/mol. The molecule has 4 aromatic rings. The fourth-order valence-corrected chi connectivity index (χ4v) is 5.63. The highest BCUT2D eigenvalue weighted by Gasteiger charge is 2.15. The Morgan fingerprint density at radius 2 is 1.82 bits per heavy atom. The monoisotopic (exact) mass is 715 g/mol. The van der Waals surface area contributed by atoms with Crippen molar-refractivity contribution in [2.75, 3.05) is 7.11 Å². The first-order chi connectivity index (χ1) is 18.8. The van der Waals surface area contributed by atoms with Crippen LogP contribution in [0, 0.1) is 0 Å². The lowest BCUT2D eigenvalue weighted by molar-refractivity contribution is 0.281. The molecule has 0 aliphatic carbocycles. The van der Waals surface area contributed by atoms with Crippen LogP contribution >= 0.6 is 47.8 Å². The van der Waals surface area contributed by atoms with Gasteiger partial charge in [0.2, 0.25) is 0 Å². The van der Waals surface area contributed by atoms with Crippen molar-refractivity contribution in [2.24, 2.45) is 5.10 Å². The van der Waals surface area contributed by atoms with Gasteiger partial charge in [-0.05, 0) is 60.9 Å². The molecule has 39 heavy (non-hydrogen) atoms. The third-order valence-corrected chi connectivity index (χ3v) is 7.80. The zero-order valence-electron chi connectivity index (χ0n) is 21.7. The minimum atomic E-state index is -0.207. The molecule has 4 rings (SSSR count). The van der Waals surface area contributed by atoms with Crippen LogP contribution in [-0.4, -0.2) is 23.0 Å². The van der Waals surface area contributed by atoms with Crippen LogP contribution in [0.5, 0.6) is 11.5 Å². The predicted octanol–water partition coefficient (Wildman–Crippen LogP) is 8.22. The summed E-state index contributed by atoms with van der Waals surface area (Å²) in [5, 5.41) is 5.11. The first kappa shape index (κ1) is 29.2. The Labute approximate surface area is 253 Å². The van der Waals surface area contributed by atoms with Crippen LogP contribution in [0.3, 0.4) is 0 Å². The lowest BCUT2D eigenvalue weighted by Crippen LogP contribution is -2.22. The molecule has 1 aromatic heterocycles. The standard InChI is InChI=1S/C30H28Br3N3O3/c1-4-6-8-28-35-26-12-11-22(31)15-24(26)30(37)36(28)34-17-19-13-20(7-5-2)29(27(14-19)38-3)39-18-21-9-10-23(32)16-25(21)33/h5,9-17H,2,4,6-8,18H2,1,3H3. The first-order valence-electron chi connectivity index (χ1n) is 12.5. The van der Waals surface area contributed by atoms with E-state index in [1.54, 1.807) is 19.4 Å². The van der Waals surface area contributed by atoms with Gasteiger partial charge >= 0.3 is 0 Å². The number of unbranched alkanes of at least 4 members (excludes halogenated alkanes) is 1. The molecule has 0 atom stereocenters. The summed E-state index contributed by atoms with van der Waals surface area (Å²) in [5.74, 6) is 1.84. The molecule has 1 heterocycles. The number of fused-ring (bicyclic) bond motifs is 1. The van der Waals surface area contributed by atoms with Crippen LogP contribution < -0.4 is 15.0 Å². The second-order valence-corrected chi connectivity index (χ2v) is 11.6. The van der Waals surface area contributed by atoms with Crippen molar-refractivity contribution in [1.29, 1.82) is 0 Å². The second kappa shape index (κ2) is 13.5. The molecule has 0 fully saturated rings. The van der Waals surface area contributed by atoms with Gasteiger partial charge in [0.05, 0.1) is 24.2 Å². The molecular weight excluding hydrogens is 690 g/mol. The van der Waals surface area contributed by atoms with Gasteiger partial charge in [0.25, 0.3) is 5.56 Å². The number of methoxy groups -OCH3 is 1. The Kier molecular flexibility index (Phi) is 10.2. The Morgan fingerprint density at radius 3 is 2.54 bits per heavy atom. The molecule has 0 aliphatic heterocycles. The van der Waals surface area contributed by atoms with E-state index < -0.39 is 0 Å². The highest BCUT2D eigenvalue weighted by molar-refractivity contribution is 9.11. The fourth-order valence-electron chi connectivity index (χ4n) is 4.10. The number of hydrogen-bond acceptors (Lipinski definition) is 5. The van der Waals surface area contributed by atoms with E-state index in [1.165, 1.54) is 4.68 Å². The lowest BCUT2D eigenvalue weighted by atomic mass is 10.1. The largest absolute Gasteiger partial charge is 0.493 e. The van der Waals surface area contributed by atoms with Crippen LogP contribution in [0.4, 0.5) is 0 Å². The Bertz CT molecular complexity index is 1600. The van der Waals surface area contributed by atoms with Gasteiger partial charge in [0.15, 0.2) is 11.5 Å². The number of halogens is 3. The van der Waals surface area contributed by atoms with Crippen molar-refractivity contribution in [2.45, 2.75) is 39.2 Å². The first-order valence-corrected chi connectivity index (χ1v) is 14.9. The van der Waals surface area contributed by atoms with Crippen molar-refractivity contribution in [3.63, 3.8) is 0 Å². The summed E-state index contributed by atoms with van der Waals surface area (Å²) in [5.41, 5.74) is 3.13. The van der Waals surface area contributed by atoms with Crippen molar-refractivity contribution < 1.29 is 9.47 Å². The van der Waals surface area contributed by atoms with E-state index in [4.69, 9.17) is 14.5 Å². The Morgan fingerprint density at radius 1 is 1.05 bits per heavy atom. The molecule has 6 nitrogen and oxygen atoms in total. The van der Waals surface area contributed by atoms with Gasteiger partial charge in [-0.2, -0.15) is 9.78 Å². The Hall–Kier alpha value is -2.75. The highest BCUT2D eigenvalue weighted by atomic mass is 79.9. The molecule has 0 N–H and O–H groups in total. The summed E-state index contributed by atoms with van der Waals surface area (Å²) in [6.45, 7) is 6.37. The molecule has 0 radical (unpaired) electrons. The van der Waals surface area contributed by atoms with Crippen molar-refractivity contribution in [3.8, 4) is 11.5 Å². The smallest absolute Gasteiger partial charge is 0.282 e. The van der Waals surface area contributed by atoms with Crippen LogP contribution in [0.1, 0.15) is 42.3 Å². The highest BCUT2D eigenvalue weighted by Crippen LogP contribution is 2.35. The molecular formula is C30H28Br3N3O3. The van der Waals surface area contributed by atoms with Crippen LogP contribution in [-0.2, 0) is 19.4 Å². The quantitative estimate of drug-likeness (QED) is 0.116. The SMILES string of the molecule is C=CCc1cc(C=Nn2c(CCCC)nc3ccc(Br)cc3c2=O)cc(OC)c1OCc1ccc(Br)cc1Br. The summed E-state index contributed by atoms with van der Waals surface area (Å²) in [6.07, 6.45) is 6.59. The number of hydrogen-bond donors (Lipinski definition) is 0. The molecule has 0 saturated carbocycles. The molecule has 0 amide bonds. The van der Waals surface area contributed by atoms with E-state index in [0.717, 1.165) is 43.0 Å². The van der Waals surface area contributed by atoms with Gasteiger partial charge < -0.3 is 9.47 Å². The normalized spacial score (nSPS) is 11.3. The van der Waals surface area contributed by atoms with Crippen molar-refractivity contribution in [3.05, 3.63) is 107 Å². The van der Waals surface area contributed by atoms with E-state index in [9.17, 15) is 4.79 Å². The number of nitrogens with zero attached hydrogens (tertiary/aromatic N) is 3. The van der Waals surface area contributed by atoms with E-state index in [-0.39, 0.29) is 5.56 Å². The van der Waals surface area contributed by atoms with Crippen LogP contribution in [0.2, 0.25) is 0 Å². The topological polar surface area (TPSA) is 65.7 Å². The molecule has 0 aliphatic rings. The van der Waals surface area contributed by atoms with Gasteiger partial charge in [-0.15, -0.1) is 6.58 Å². The maximum Gasteiger partial charge on any atom is 0.282 e. The van der Waals surface area contributed by atoms with Gasteiger partial charge in [0, 0.05) is 31.0 Å².